The van der Waals surface area contributed by atoms with Gasteiger partial charge < -0.3 is 9.67 Å². The fourth-order valence-electron chi connectivity index (χ4n) is 2.02. The van der Waals surface area contributed by atoms with E-state index in [1.165, 1.54) is 4.90 Å². The lowest BCUT2D eigenvalue weighted by Crippen LogP contribution is -2.36. The van der Waals surface area contributed by atoms with Gasteiger partial charge in [-0.2, -0.15) is 0 Å². The number of rotatable bonds is 4. The molecule has 0 saturated carbocycles. The largest absolute Gasteiger partial charge is 0.480 e. The Balaban J connectivity index is 2.40. The molecule has 21 heavy (non-hydrogen) atoms. The summed E-state index contributed by atoms with van der Waals surface area (Å²) in [5, 5.41) is 9.06. The lowest BCUT2D eigenvalue weighted by molar-refractivity contribution is -0.135. The van der Waals surface area contributed by atoms with Crippen LogP contribution in [-0.2, 0) is 11.8 Å². The number of aryl methyl sites for hydroxylation is 2. The minimum absolute atomic E-state index is 0.352. The zero-order chi connectivity index (χ0) is 15.6. The van der Waals surface area contributed by atoms with Crippen LogP contribution in [-0.4, -0.2) is 28.1 Å². The monoisotopic (exact) mass is 350 g/mol. The molecule has 5 nitrogen and oxygen atoms in total. The Hall–Kier alpha value is -2.08. The first kappa shape index (κ1) is 15.3. The molecule has 0 bridgehead atoms. The predicted molar refractivity (Wildman–Crippen MR) is 83.6 cm³/mol. The molecule has 0 aliphatic heterocycles. The minimum atomic E-state index is -1.06. The Kier molecular flexibility index (Phi) is 4.47. The van der Waals surface area contributed by atoms with Gasteiger partial charge in [0, 0.05) is 23.4 Å². The van der Waals surface area contributed by atoms with E-state index in [0.29, 0.717) is 11.4 Å². The molecule has 0 spiro atoms. The maximum absolute atomic E-state index is 12.6. The number of benzene rings is 1. The van der Waals surface area contributed by atoms with Gasteiger partial charge in [-0.1, -0.05) is 17.7 Å². The SMILES string of the molecule is Cc1ccc(N(CC(=O)O)C(=O)c2cc(Br)cn2C)cc1. The van der Waals surface area contributed by atoms with Gasteiger partial charge in [-0.15, -0.1) is 0 Å². The highest BCUT2D eigenvalue weighted by atomic mass is 79.9. The van der Waals surface area contributed by atoms with Crippen molar-refractivity contribution in [2.75, 3.05) is 11.4 Å². The Labute approximate surface area is 130 Å². The lowest BCUT2D eigenvalue weighted by Gasteiger charge is -2.21. The van der Waals surface area contributed by atoms with Crippen molar-refractivity contribution in [3.05, 3.63) is 52.3 Å². The maximum atomic E-state index is 12.6. The average molecular weight is 351 g/mol. The molecule has 2 aromatic rings. The van der Waals surface area contributed by atoms with Crippen LogP contribution in [0.15, 0.2) is 41.0 Å². The van der Waals surface area contributed by atoms with E-state index in [1.807, 2.05) is 19.1 Å². The molecule has 0 unspecified atom stereocenters. The van der Waals surface area contributed by atoms with Crippen LogP contribution in [0.25, 0.3) is 0 Å². The van der Waals surface area contributed by atoms with Crippen molar-refractivity contribution in [1.82, 2.24) is 4.57 Å². The Morgan fingerprint density at radius 3 is 2.38 bits per heavy atom. The van der Waals surface area contributed by atoms with Crippen molar-refractivity contribution in [2.24, 2.45) is 7.05 Å². The summed E-state index contributed by atoms with van der Waals surface area (Å²) in [4.78, 5) is 24.9. The summed E-state index contributed by atoms with van der Waals surface area (Å²) in [5.74, 6) is -1.41. The van der Waals surface area contributed by atoms with Gasteiger partial charge in [0.25, 0.3) is 5.91 Å². The number of carboxylic acids is 1. The molecule has 0 aliphatic rings. The molecule has 0 fully saturated rings. The fraction of sp³-hybridized carbons (Fsp3) is 0.200. The van der Waals surface area contributed by atoms with Crippen LogP contribution in [0.5, 0.6) is 0 Å². The second-order valence-electron chi connectivity index (χ2n) is 4.78. The van der Waals surface area contributed by atoms with Gasteiger partial charge in [0.2, 0.25) is 0 Å². The van der Waals surface area contributed by atoms with Crippen LogP contribution in [0.1, 0.15) is 16.1 Å². The van der Waals surface area contributed by atoms with Crippen LogP contribution in [0, 0.1) is 6.92 Å². The molecule has 0 saturated heterocycles. The number of nitrogens with zero attached hydrogens (tertiary/aromatic N) is 2. The van der Waals surface area contributed by atoms with Crippen molar-refractivity contribution in [1.29, 1.82) is 0 Å². The summed E-state index contributed by atoms with van der Waals surface area (Å²) < 4.78 is 2.43. The van der Waals surface area contributed by atoms with Gasteiger partial charge in [0.15, 0.2) is 0 Å². The third-order valence-corrected chi connectivity index (χ3v) is 3.51. The topological polar surface area (TPSA) is 62.5 Å². The number of aliphatic carboxylic acids is 1. The normalized spacial score (nSPS) is 10.4. The fourth-order valence-corrected chi connectivity index (χ4v) is 2.54. The van der Waals surface area contributed by atoms with Crippen molar-refractivity contribution in [3.63, 3.8) is 0 Å². The van der Waals surface area contributed by atoms with E-state index in [1.54, 1.807) is 36.0 Å². The van der Waals surface area contributed by atoms with Crippen molar-refractivity contribution < 1.29 is 14.7 Å². The van der Waals surface area contributed by atoms with E-state index in [-0.39, 0.29) is 12.5 Å². The number of halogens is 1. The van der Waals surface area contributed by atoms with E-state index in [2.05, 4.69) is 15.9 Å². The highest BCUT2D eigenvalue weighted by Crippen LogP contribution is 2.20. The third-order valence-electron chi connectivity index (χ3n) is 3.07. The summed E-state index contributed by atoms with van der Waals surface area (Å²) in [5.41, 5.74) is 2.03. The van der Waals surface area contributed by atoms with E-state index in [0.717, 1.165) is 10.0 Å². The first-order valence-electron chi connectivity index (χ1n) is 6.30. The average Bonchev–Trinajstić information content (AvgIpc) is 2.75. The first-order chi connectivity index (χ1) is 9.88. The summed E-state index contributed by atoms with van der Waals surface area (Å²) in [7, 11) is 1.74. The molecule has 0 radical (unpaired) electrons. The number of carbonyl (C=O) groups excluding carboxylic acids is 1. The highest BCUT2D eigenvalue weighted by Gasteiger charge is 2.22. The van der Waals surface area contributed by atoms with Gasteiger partial charge >= 0.3 is 5.97 Å². The number of carboxylic acid groups (broad SMARTS) is 1. The molecule has 6 heteroatoms. The number of hydrogen-bond donors (Lipinski definition) is 1. The van der Waals surface area contributed by atoms with E-state index < -0.39 is 5.97 Å². The molecule has 1 aromatic heterocycles. The smallest absolute Gasteiger partial charge is 0.323 e. The molecule has 1 N–H and O–H groups in total. The van der Waals surface area contributed by atoms with Crippen LogP contribution >= 0.6 is 15.9 Å². The Bertz CT molecular complexity index is 677. The van der Waals surface area contributed by atoms with Gasteiger partial charge in [0.05, 0.1) is 0 Å². The quantitative estimate of drug-likeness (QED) is 0.921. The van der Waals surface area contributed by atoms with Crippen LogP contribution in [0.4, 0.5) is 5.69 Å². The predicted octanol–water partition coefficient (Wildman–Crippen LogP) is 2.83. The van der Waals surface area contributed by atoms with Gasteiger partial charge in [-0.25, -0.2) is 0 Å². The second kappa shape index (κ2) is 6.13. The highest BCUT2D eigenvalue weighted by molar-refractivity contribution is 9.10. The van der Waals surface area contributed by atoms with Crippen molar-refractivity contribution in [2.45, 2.75) is 6.92 Å². The Morgan fingerprint density at radius 2 is 1.90 bits per heavy atom. The zero-order valence-corrected chi connectivity index (χ0v) is 13.3. The number of anilines is 1. The van der Waals surface area contributed by atoms with E-state index in [9.17, 15) is 9.59 Å². The minimum Gasteiger partial charge on any atom is -0.480 e. The molecule has 1 heterocycles. The van der Waals surface area contributed by atoms with Crippen LogP contribution in [0.3, 0.4) is 0 Å². The van der Waals surface area contributed by atoms with E-state index >= 15 is 0 Å². The summed E-state index contributed by atoms with van der Waals surface area (Å²) in [6.07, 6.45) is 1.75. The molecular formula is C15H15BrN2O3. The molecule has 110 valence electrons. The maximum Gasteiger partial charge on any atom is 0.323 e. The van der Waals surface area contributed by atoms with E-state index in [4.69, 9.17) is 5.11 Å². The third kappa shape index (κ3) is 3.52. The number of hydrogen-bond acceptors (Lipinski definition) is 2. The van der Waals surface area contributed by atoms with Crippen LogP contribution in [0.2, 0.25) is 0 Å². The lowest BCUT2D eigenvalue weighted by atomic mass is 10.2. The molecule has 0 aliphatic carbocycles. The summed E-state index contributed by atoms with van der Waals surface area (Å²) in [6.45, 7) is 1.55. The van der Waals surface area contributed by atoms with Crippen molar-refractivity contribution in [3.8, 4) is 0 Å². The first-order valence-corrected chi connectivity index (χ1v) is 7.10. The second-order valence-corrected chi connectivity index (χ2v) is 5.69. The summed E-state index contributed by atoms with van der Waals surface area (Å²) in [6, 6.07) is 8.85. The molecule has 1 amide bonds. The van der Waals surface area contributed by atoms with Crippen LogP contribution < -0.4 is 4.90 Å². The number of carbonyl (C=O) groups is 2. The van der Waals surface area contributed by atoms with Gasteiger partial charge in [0.1, 0.15) is 12.2 Å². The molecule has 2 rings (SSSR count). The standard InChI is InChI=1S/C15H15BrN2O3/c1-10-3-5-12(6-4-10)18(9-14(19)20)15(21)13-7-11(16)8-17(13)2/h3-8H,9H2,1-2H3,(H,19,20). The molecular weight excluding hydrogens is 336 g/mol. The summed E-state index contributed by atoms with van der Waals surface area (Å²) >= 11 is 3.31. The zero-order valence-electron chi connectivity index (χ0n) is 11.7. The Morgan fingerprint density at radius 1 is 1.29 bits per heavy atom. The molecule has 1 aromatic carbocycles. The van der Waals surface area contributed by atoms with Crippen molar-refractivity contribution >= 4 is 33.5 Å². The van der Waals surface area contributed by atoms with Gasteiger partial charge in [-0.05, 0) is 41.1 Å². The number of aromatic nitrogens is 1. The number of amides is 1. The van der Waals surface area contributed by atoms with Gasteiger partial charge in [-0.3, -0.25) is 14.5 Å². The molecule has 0 atom stereocenters.